The van der Waals surface area contributed by atoms with Crippen LogP contribution in [-0.2, 0) is 26.8 Å². The van der Waals surface area contributed by atoms with Crippen LogP contribution in [0.2, 0.25) is 10.0 Å². The Balaban J connectivity index is 0.00000370. The van der Waals surface area contributed by atoms with Gasteiger partial charge in [-0.3, -0.25) is 4.55 Å². The van der Waals surface area contributed by atoms with Crippen molar-refractivity contribution in [2.75, 3.05) is 23.0 Å². The molecule has 5 rings (SSSR count). The fourth-order valence-corrected chi connectivity index (χ4v) is 8.53. The summed E-state index contributed by atoms with van der Waals surface area (Å²) in [6.07, 6.45) is 4.10. The van der Waals surface area contributed by atoms with E-state index in [-0.39, 0.29) is 48.2 Å². The Hall–Kier alpha value is -0.640. The van der Waals surface area contributed by atoms with Gasteiger partial charge in [-0.15, -0.1) is 0 Å². The normalized spacial score (nSPS) is 17.3. The summed E-state index contributed by atoms with van der Waals surface area (Å²) in [6, 6.07) is 11.2. The Bertz CT molecular complexity index is 1740. The summed E-state index contributed by atoms with van der Waals surface area (Å²) in [6.45, 7) is 0.758. The maximum Gasteiger partial charge on any atom is 0.266 e. The van der Waals surface area contributed by atoms with Gasteiger partial charge < -0.3 is 9.45 Å². The topological polar surface area (TPSA) is 119 Å². The fourth-order valence-electron chi connectivity index (χ4n) is 4.80. The van der Waals surface area contributed by atoms with E-state index in [2.05, 4.69) is 11.0 Å². The van der Waals surface area contributed by atoms with Crippen LogP contribution >= 0.6 is 46.3 Å². The number of hydrogen-bond acceptors (Lipinski definition) is 8. The molecular weight excluding hydrogens is 646 g/mol. The van der Waals surface area contributed by atoms with Gasteiger partial charge in [0.05, 0.1) is 26.6 Å². The molecule has 0 saturated carbocycles. The van der Waals surface area contributed by atoms with Gasteiger partial charge in [-0.25, -0.2) is 8.42 Å². The number of aromatic nitrogens is 1. The van der Waals surface area contributed by atoms with E-state index in [0.29, 0.717) is 23.1 Å². The zero-order chi connectivity index (χ0) is 27.9. The van der Waals surface area contributed by atoms with Gasteiger partial charge in [0.15, 0.2) is 6.54 Å². The Morgan fingerprint density at radius 1 is 1.00 bits per heavy atom. The number of rotatable bonds is 9. The number of thiazole rings is 1. The van der Waals surface area contributed by atoms with E-state index in [1.165, 1.54) is 0 Å². The Morgan fingerprint density at radius 3 is 2.45 bits per heavy atom. The zero-order valence-electron chi connectivity index (χ0n) is 21.5. The van der Waals surface area contributed by atoms with Crippen LogP contribution in [0, 0.1) is 0 Å². The molecule has 0 atom stereocenters. The van der Waals surface area contributed by atoms with Crippen LogP contribution in [0.25, 0.3) is 15.8 Å². The van der Waals surface area contributed by atoms with Gasteiger partial charge in [0.1, 0.15) is 4.70 Å². The number of hydrogen-bond donors (Lipinski definition) is 1. The Morgan fingerprint density at radius 2 is 1.73 bits per heavy atom. The molecule has 15 heteroatoms. The van der Waals surface area contributed by atoms with Crippen molar-refractivity contribution in [3.63, 3.8) is 0 Å². The largest absolute Gasteiger partial charge is 0.748 e. The Kier molecular flexibility index (Phi) is 10.4. The first-order valence-electron chi connectivity index (χ1n) is 12.1. The second-order valence-corrected chi connectivity index (χ2v) is 15.3. The van der Waals surface area contributed by atoms with Crippen LogP contribution in [0.3, 0.4) is 0 Å². The van der Waals surface area contributed by atoms with Gasteiger partial charge in [0.25, 0.3) is 15.1 Å². The maximum absolute atomic E-state index is 11.3. The van der Waals surface area contributed by atoms with Crippen LogP contribution in [0.1, 0.15) is 30.7 Å². The molecular formula is C25H24Cl2N2NaO6S4. The van der Waals surface area contributed by atoms with Crippen molar-refractivity contribution < 1.29 is 30.5 Å². The van der Waals surface area contributed by atoms with E-state index in [1.807, 2.05) is 41.0 Å². The van der Waals surface area contributed by atoms with Crippen LogP contribution < -0.4 is 9.47 Å². The summed E-state index contributed by atoms with van der Waals surface area (Å²) in [4.78, 5) is 3.07. The van der Waals surface area contributed by atoms with Crippen LogP contribution in [0.5, 0.6) is 0 Å². The van der Waals surface area contributed by atoms with Crippen molar-refractivity contribution >= 4 is 118 Å². The Labute approximate surface area is 273 Å². The summed E-state index contributed by atoms with van der Waals surface area (Å²) in [5, 5.41) is 3.12. The first-order valence-corrected chi connectivity index (χ1v) is 17.7. The van der Waals surface area contributed by atoms with Gasteiger partial charge in [0.2, 0.25) is 5.52 Å². The van der Waals surface area contributed by atoms with Crippen molar-refractivity contribution in [2.24, 2.45) is 0 Å². The van der Waals surface area contributed by atoms with Crippen molar-refractivity contribution in [1.29, 1.82) is 0 Å². The molecule has 2 aromatic carbocycles. The number of thioether (sulfide) groups is 1. The number of allylic oxidation sites excluding steroid dienone is 3. The molecule has 1 radical (unpaired) electrons. The number of anilines is 1. The first kappa shape index (κ1) is 32.3. The van der Waals surface area contributed by atoms with Crippen LogP contribution in [-0.4, -0.2) is 73.5 Å². The number of benzene rings is 2. The molecule has 0 unspecified atom stereocenters. The molecule has 1 aromatic heterocycles. The predicted octanol–water partition coefficient (Wildman–Crippen LogP) is 5.33. The first-order chi connectivity index (χ1) is 18.4. The smallest absolute Gasteiger partial charge is 0.266 e. The number of aryl methyl sites for hydroxylation is 1. The van der Waals surface area contributed by atoms with E-state index in [1.54, 1.807) is 23.1 Å². The van der Waals surface area contributed by atoms with E-state index >= 15 is 0 Å². The van der Waals surface area contributed by atoms with E-state index in [0.717, 1.165) is 54.8 Å². The quantitative estimate of drug-likeness (QED) is 0.185. The molecule has 1 aliphatic carbocycles. The van der Waals surface area contributed by atoms with Crippen molar-refractivity contribution in [2.45, 2.75) is 37.1 Å². The third-order valence-electron chi connectivity index (χ3n) is 6.45. The molecule has 0 spiro atoms. The average molecular weight is 671 g/mol. The maximum atomic E-state index is 11.3. The second kappa shape index (κ2) is 12.9. The van der Waals surface area contributed by atoms with Crippen molar-refractivity contribution in [1.82, 2.24) is 0 Å². The van der Waals surface area contributed by atoms with Gasteiger partial charge >= 0.3 is 0 Å². The third-order valence-corrected chi connectivity index (χ3v) is 11.0. The second-order valence-electron chi connectivity index (χ2n) is 9.29. The minimum atomic E-state index is -4.32. The van der Waals surface area contributed by atoms with Crippen LogP contribution in [0.15, 0.2) is 58.0 Å². The summed E-state index contributed by atoms with van der Waals surface area (Å²) in [5.41, 5.74) is 3.97. The molecule has 8 nitrogen and oxygen atoms in total. The summed E-state index contributed by atoms with van der Waals surface area (Å²) in [5.74, 6) is -0.779. The van der Waals surface area contributed by atoms with Gasteiger partial charge in [-0.05, 0) is 61.2 Å². The molecule has 1 N–H and O–H groups in total. The van der Waals surface area contributed by atoms with Crippen LogP contribution in [0.4, 0.5) is 5.69 Å². The molecule has 0 amide bonds. The SMILES string of the molecule is O=S(=O)([O-])CCC[n+]1c(C2=CC(=C3Sc4ccc(Cl)cc4N3CCCS(=O)(=O)O)CC2)sc2ccc(Cl)cc21.[Na]. The molecule has 0 saturated heterocycles. The van der Waals surface area contributed by atoms with Gasteiger partial charge in [-0.2, -0.15) is 13.0 Å². The number of fused-ring (bicyclic) bond motifs is 2. The minimum absolute atomic E-state index is 0. The average Bonchev–Trinajstić information content (AvgIpc) is 3.53. The molecule has 40 heavy (non-hydrogen) atoms. The zero-order valence-corrected chi connectivity index (χ0v) is 28.2. The fraction of sp³-hybridized carbons (Fsp3) is 0.320. The molecule has 0 bridgehead atoms. The van der Waals surface area contributed by atoms with Gasteiger partial charge in [0, 0.05) is 74.9 Å². The summed E-state index contributed by atoms with van der Waals surface area (Å²) >= 11 is 15.7. The van der Waals surface area contributed by atoms with E-state index < -0.39 is 26.0 Å². The van der Waals surface area contributed by atoms with E-state index in [4.69, 9.17) is 23.2 Å². The standard InChI is InChI=1S/C25H24Cl2N2O6S4.Na/c26-18-5-7-22-20(14-18)28(9-1-11-38(30,31)32)24(36-22)16-3-4-17(13-16)25-29(10-2-12-39(33,34)35)21-15-19(27)6-8-23(21)37-25;/h5-8,13-15H,1-4,9-12H2,(H-,30,31,32,33,34,35);. The van der Waals surface area contributed by atoms with Crippen molar-refractivity contribution in [3.8, 4) is 0 Å². The number of nitrogens with zero attached hydrogens (tertiary/aromatic N) is 2. The molecule has 209 valence electrons. The third kappa shape index (κ3) is 7.65. The van der Waals surface area contributed by atoms with E-state index in [9.17, 15) is 25.9 Å². The summed E-state index contributed by atoms with van der Waals surface area (Å²) < 4.78 is 68.6. The molecule has 2 heterocycles. The molecule has 0 fully saturated rings. The summed E-state index contributed by atoms with van der Waals surface area (Å²) in [7, 11) is -8.40. The molecule has 1 aliphatic heterocycles. The van der Waals surface area contributed by atoms with Crippen molar-refractivity contribution in [3.05, 3.63) is 68.1 Å². The monoisotopic (exact) mass is 669 g/mol. The van der Waals surface area contributed by atoms with Gasteiger partial charge in [-0.1, -0.05) is 46.3 Å². The molecule has 3 aromatic rings. The minimum Gasteiger partial charge on any atom is -0.748 e. The number of halogens is 2. The predicted molar refractivity (Wildman–Crippen MR) is 162 cm³/mol. The molecule has 2 aliphatic rings.